The van der Waals surface area contributed by atoms with Gasteiger partial charge in [0.1, 0.15) is 0 Å². The molecule has 0 saturated carbocycles. The maximum absolute atomic E-state index is 11.6. The third-order valence-corrected chi connectivity index (χ3v) is 2.66. The third kappa shape index (κ3) is 3.66. The lowest BCUT2D eigenvalue weighted by atomic mass is 9.98. The van der Waals surface area contributed by atoms with Gasteiger partial charge in [0, 0.05) is 24.3 Å². The largest absolute Gasteiger partial charge is 0.376 e. The van der Waals surface area contributed by atoms with Crippen molar-refractivity contribution in [2.24, 2.45) is 0 Å². The first-order valence-corrected chi connectivity index (χ1v) is 5.84. The summed E-state index contributed by atoms with van der Waals surface area (Å²) in [6, 6.07) is 0. The van der Waals surface area contributed by atoms with Gasteiger partial charge >= 0.3 is 0 Å². The van der Waals surface area contributed by atoms with Crippen LogP contribution in [0.3, 0.4) is 0 Å². The number of imide groups is 1. The van der Waals surface area contributed by atoms with Gasteiger partial charge in [-0.2, -0.15) is 0 Å². The molecule has 2 amide bonds. The fraction of sp³-hybridized carbons (Fsp3) is 0.692. The van der Waals surface area contributed by atoms with Crippen molar-refractivity contribution in [1.82, 2.24) is 4.90 Å². The lowest BCUT2D eigenvalue weighted by Crippen LogP contribution is -2.48. The maximum Gasteiger partial charge on any atom is 0.254 e. The first-order valence-electron chi connectivity index (χ1n) is 5.84. The highest BCUT2D eigenvalue weighted by molar-refractivity contribution is 6.13. The van der Waals surface area contributed by atoms with Crippen LogP contribution in [0.5, 0.6) is 0 Å². The van der Waals surface area contributed by atoms with Crippen LogP contribution < -0.4 is 0 Å². The second-order valence-corrected chi connectivity index (χ2v) is 5.87. The van der Waals surface area contributed by atoms with Crippen LogP contribution in [0, 0.1) is 0 Å². The molecule has 0 aromatic rings. The van der Waals surface area contributed by atoms with Crippen LogP contribution in [-0.4, -0.2) is 34.5 Å². The number of hydrogen-bond donors (Lipinski definition) is 0. The van der Waals surface area contributed by atoms with E-state index in [2.05, 4.69) is 0 Å². The Morgan fingerprint density at radius 3 is 1.94 bits per heavy atom. The molecule has 96 valence electrons. The highest BCUT2D eigenvalue weighted by atomic mass is 16.5. The molecule has 1 heterocycles. The molecule has 0 spiro atoms. The number of amides is 2. The maximum atomic E-state index is 11.6. The molecule has 4 heteroatoms. The second kappa shape index (κ2) is 4.61. The fourth-order valence-electron chi connectivity index (χ4n) is 1.72. The number of carbonyl (C=O) groups excluding carboxylic acids is 2. The van der Waals surface area contributed by atoms with Crippen molar-refractivity contribution in [2.75, 3.05) is 6.61 Å². The van der Waals surface area contributed by atoms with E-state index in [0.29, 0.717) is 13.0 Å². The SMILES string of the molecule is CC(C)(C)OCCC(C)(C)N1C(=O)C=CC1=O. The Morgan fingerprint density at radius 1 is 1.06 bits per heavy atom. The van der Waals surface area contributed by atoms with Gasteiger partial charge in [-0.25, -0.2) is 0 Å². The Balaban J connectivity index is 2.57. The molecular weight excluding hydrogens is 218 g/mol. The van der Waals surface area contributed by atoms with E-state index >= 15 is 0 Å². The molecule has 0 fully saturated rings. The Hall–Kier alpha value is -1.16. The number of nitrogens with zero attached hydrogens (tertiary/aromatic N) is 1. The van der Waals surface area contributed by atoms with Crippen molar-refractivity contribution in [1.29, 1.82) is 0 Å². The Kier molecular flexibility index (Phi) is 3.77. The normalized spacial score (nSPS) is 17.1. The standard InChI is InChI=1S/C13H21NO3/c1-12(2,3)17-9-8-13(4,5)14-10(15)6-7-11(14)16/h6-7H,8-9H2,1-5H3. The van der Waals surface area contributed by atoms with Crippen LogP contribution in [-0.2, 0) is 14.3 Å². The monoisotopic (exact) mass is 239 g/mol. The zero-order valence-corrected chi connectivity index (χ0v) is 11.2. The first kappa shape index (κ1) is 13.9. The molecule has 0 aromatic carbocycles. The van der Waals surface area contributed by atoms with Crippen LogP contribution >= 0.6 is 0 Å². The Morgan fingerprint density at radius 2 is 1.53 bits per heavy atom. The summed E-state index contributed by atoms with van der Waals surface area (Å²) >= 11 is 0. The molecule has 1 rings (SSSR count). The van der Waals surface area contributed by atoms with Crippen LogP contribution in [0.25, 0.3) is 0 Å². The van der Waals surface area contributed by atoms with Crippen molar-refractivity contribution in [3.8, 4) is 0 Å². The Labute approximate surface area is 103 Å². The Bertz CT molecular complexity index is 332. The smallest absolute Gasteiger partial charge is 0.254 e. The highest BCUT2D eigenvalue weighted by Gasteiger charge is 2.36. The van der Waals surface area contributed by atoms with E-state index in [9.17, 15) is 9.59 Å². The van der Waals surface area contributed by atoms with E-state index in [0.717, 1.165) is 0 Å². The molecule has 17 heavy (non-hydrogen) atoms. The summed E-state index contributed by atoms with van der Waals surface area (Å²) in [5, 5.41) is 0. The number of ether oxygens (including phenoxy) is 1. The van der Waals surface area contributed by atoms with Crippen molar-refractivity contribution < 1.29 is 14.3 Å². The van der Waals surface area contributed by atoms with Crippen molar-refractivity contribution in [3.63, 3.8) is 0 Å². The average Bonchev–Trinajstić information content (AvgIpc) is 2.43. The van der Waals surface area contributed by atoms with Crippen LogP contribution in [0.15, 0.2) is 12.2 Å². The summed E-state index contributed by atoms with van der Waals surface area (Å²) in [5.41, 5.74) is -0.712. The van der Waals surface area contributed by atoms with Crippen molar-refractivity contribution >= 4 is 11.8 Å². The number of rotatable bonds is 4. The summed E-state index contributed by atoms with van der Waals surface area (Å²) in [5.74, 6) is -0.480. The summed E-state index contributed by atoms with van der Waals surface area (Å²) in [6.45, 7) is 10.2. The van der Waals surface area contributed by atoms with Gasteiger partial charge < -0.3 is 4.74 Å². The lowest BCUT2D eigenvalue weighted by molar-refractivity contribution is -0.143. The van der Waals surface area contributed by atoms with Gasteiger partial charge in [0.05, 0.1) is 5.60 Å². The quantitative estimate of drug-likeness (QED) is 0.704. The van der Waals surface area contributed by atoms with Gasteiger partial charge in [-0.1, -0.05) is 0 Å². The predicted octanol–water partition coefficient (Wildman–Crippen LogP) is 1.90. The molecule has 4 nitrogen and oxygen atoms in total. The van der Waals surface area contributed by atoms with Gasteiger partial charge in [-0.15, -0.1) is 0 Å². The van der Waals surface area contributed by atoms with Gasteiger partial charge in [-0.05, 0) is 41.0 Å². The molecule has 0 aliphatic carbocycles. The number of carbonyl (C=O) groups is 2. The van der Waals surface area contributed by atoms with Crippen LogP contribution in [0.4, 0.5) is 0 Å². The van der Waals surface area contributed by atoms with Crippen LogP contribution in [0.1, 0.15) is 41.0 Å². The second-order valence-electron chi connectivity index (χ2n) is 5.87. The molecular formula is C13H21NO3. The topological polar surface area (TPSA) is 46.6 Å². The zero-order chi connectivity index (χ0) is 13.3. The molecule has 0 atom stereocenters. The molecule has 0 aromatic heterocycles. The third-order valence-electron chi connectivity index (χ3n) is 2.66. The minimum Gasteiger partial charge on any atom is -0.376 e. The molecule has 0 N–H and O–H groups in total. The van der Waals surface area contributed by atoms with E-state index in [4.69, 9.17) is 4.74 Å². The van der Waals surface area contributed by atoms with Gasteiger partial charge in [0.15, 0.2) is 0 Å². The highest BCUT2D eigenvalue weighted by Crippen LogP contribution is 2.24. The van der Waals surface area contributed by atoms with E-state index < -0.39 is 5.54 Å². The average molecular weight is 239 g/mol. The molecule has 0 radical (unpaired) electrons. The number of hydrogen-bond acceptors (Lipinski definition) is 3. The van der Waals surface area contributed by atoms with E-state index in [1.54, 1.807) is 0 Å². The minimum absolute atomic E-state index is 0.201. The molecule has 0 unspecified atom stereocenters. The van der Waals surface area contributed by atoms with Crippen molar-refractivity contribution in [2.45, 2.75) is 52.2 Å². The molecule has 0 saturated heterocycles. The summed E-state index contributed by atoms with van der Waals surface area (Å²) in [7, 11) is 0. The summed E-state index contributed by atoms with van der Waals surface area (Å²) < 4.78 is 5.63. The summed E-state index contributed by atoms with van der Waals surface area (Å²) in [4.78, 5) is 24.4. The van der Waals surface area contributed by atoms with Gasteiger partial charge in [0.2, 0.25) is 0 Å². The zero-order valence-electron chi connectivity index (χ0n) is 11.2. The fourth-order valence-corrected chi connectivity index (χ4v) is 1.72. The van der Waals surface area contributed by atoms with Gasteiger partial charge in [-0.3, -0.25) is 14.5 Å². The van der Waals surface area contributed by atoms with E-state index in [1.165, 1.54) is 17.1 Å². The molecule has 0 bridgehead atoms. The van der Waals surface area contributed by atoms with Crippen LogP contribution in [0.2, 0.25) is 0 Å². The van der Waals surface area contributed by atoms with E-state index in [-0.39, 0.29) is 17.4 Å². The minimum atomic E-state index is -0.511. The van der Waals surface area contributed by atoms with Crippen molar-refractivity contribution in [3.05, 3.63) is 12.2 Å². The summed E-state index contributed by atoms with van der Waals surface area (Å²) in [6.07, 6.45) is 3.26. The van der Waals surface area contributed by atoms with Gasteiger partial charge in [0.25, 0.3) is 11.8 Å². The molecule has 1 aliphatic rings. The molecule has 1 aliphatic heterocycles. The lowest BCUT2D eigenvalue weighted by Gasteiger charge is -2.34. The first-order chi connectivity index (χ1) is 7.63. The predicted molar refractivity (Wildman–Crippen MR) is 65.4 cm³/mol. The van der Waals surface area contributed by atoms with E-state index in [1.807, 2.05) is 34.6 Å².